The van der Waals surface area contributed by atoms with Crippen molar-refractivity contribution in [2.24, 2.45) is 0 Å². The molecule has 0 fully saturated rings. The number of ether oxygens (including phenoxy) is 1. The van der Waals surface area contributed by atoms with Crippen LogP contribution >= 0.6 is 11.8 Å². The van der Waals surface area contributed by atoms with Gasteiger partial charge in [0.2, 0.25) is 5.91 Å². The van der Waals surface area contributed by atoms with Crippen molar-refractivity contribution in [3.05, 3.63) is 65.9 Å². The van der Waals surface area contributed by atoms with Gasteiger partial charge in [-0.05, 0) is 17.7 Å². The monoisotopic (exact) mass is 355 g/mol. The summed E-state index contributed by atoms with van der Waals surface area (Å²) in [6.07, 6.45) is 1.97. The largest absolute Gasteiger partial charge is 0.497 e. The quantitative estimate of drug-likeness (QED) is 0.620. The number of furan rings is 1. The lowest BCUT2D eigenvalue weighted by atomic mass is 10.1. The number of hydrogen-bond donors (Lipinski definition) is 1. The van der Waals surface area contributed by atoms with Crippen molar-refractivity contribution >= 4 is 28.6 Å². The van der Waals surface area contributed by atoms with Gasteiger partial charge < -0.3 is 14.5 Å². The smallest absolute Gasteiger partial charge is 0.224 e. The summed E-state index contributed by atoms with van der Waals surface area (Å²) in [4.78, 5) is 12.1. The van der Waals surface area contributed by atoms with E-state index in [0.717, 1.165) is 33.8 Å². The second-order valence-electron chi connectivity index (χ2n) is 5.69. The van der Waals surface area contributed by atoms with E-state index in [4.69, 9.17) is 9.15 Å². The fourth-order valence-electron chi connectivity index (χ4n) is 2.59. The number of nitrogens with one attached hydrogen (secondary N) is 1. The van der Waals surface area contributed by atoms with Crippen molar-refractivity contribution in [2.45, 2.75) is 12.2 Å². The maximum atomic E-state index is 12.1. The number of fused-ring (bicyclic) bond motifs is 1. The molecule has 2 aromatic carbocycles. The van der Waals surface area contributed by atoms with Gasteiger partial charge in [0.25, 0.3) is 0 Å². The normalized spacial score (nSPS) is 10.8. The summed E-state index contributed by atoms with van der Waals surface area (Å²) < 4.78 is 10.7. The van der Waals surface area contributed by atoms with E-state index >= 15 is 0 Å². The first-order chi connectivity index (χ1) is 12.3. The third-order valence-electron chi connectivity index (χ3n) is 3.89. The number of rotatable bonds is 8. The molecule has 0 radical (unpaired) electrons. The van der Waals surface area contributed by atoms with Gasteiger partial charge in [0, 0.05) is 35.1 Å². The van der Waals surface area contributed by atoms with Gasteiger partial charge in [-0.2, -0.15) is 11.8 Å². The molecule has 1 heterocycles. The van der Waals surface area contributed by atoms with E-state index in [1.54, 1.807) is 13.4 Å². The van der Waals surface area contributed by atoms with Gasteiger partial charge in [-0.25, -0.2) is 0 Å². The van der Waals surface area contributed by atoms with Crippen LogP contribution in [-0.4, -0.2) is 25.3 Å². The molecule has 4 nitrogen and oxygen atoms in total. The highest BCUT2D eigenvalue weighted by Gasteiger charge is 2.11. The minimum Gasteiger partial charge on any atom is -0.497 e. The fourth-order valence-corrected chi connectivity index (χ4v) is 3.41. The summed E-state index contributed by atoms with van der Waals surface area (Å²) in [5, 5.41) is 3.92. The molecule has 0 saturated heterocycles. The number of methoxy groups -OCH3 is 1. The average molecular weight is 355 g/mol. The summed E-state index contributed by atoms with van der Waals surface area (Å²) >= 11 is 1.82. The number of thioether (sulfide) groups is 1. The standard InChI is InChI=1S/C20H21NO3S/c1-23-17-7-8-18-16(13-24-19(18)12-17)11-20(22)21-9-10-25-14-15-5-3-2-4-6-15/h2-8,12-13H,9-11,14H2,1H3,(H,21,22). The van der Waals surface area contributed by atoms with Crippen LogP contribution < -0.4 is 10.1 Å². The highest BCUT2D eigenvalue weighted by atomic mass is 32.2. The summed E-state index contributed by atoms with van der Waals surface area (Å²) in [7, 11) is 1.62. The summed E-state index contributed by atoms with van der Waals surface area (Å²) in [6.45, 7) is 0.667. The van der Waals surface area contributed by atoms with Crippen molar-refractivity contribution < 1.29 is 13.9 Å². The third kappa shape index (κ3) is 4.79. The molecule has 0 atom stereocenters. The van der Waals surface area contributed by atoms with Crippen LogP contribution in [0.2, 0.25) is 0 Å². The van der Waals surface area contributed by atoms with Gasteiger partial charge in [-0.1, -0.05) is 30.3 Å². The average Bonchev–Trinajstić information content (AvgIpc) is 3.04. The second kappa shape index (κ2) is 8.62. The molecule has 0 saturated carbocycles. The number of benzene rings is 2. The van der Waals surface area contributed by atoms with Crippen molar-refractivity contribution in [3.8, 4) is 5.75 Å². The Hall–Kier alpha value is -2.40. The second-order valence-corrected chi connectivity index (χ2v) is 6.79. The van der Waals surface area contributed by atoms with Gasteiger partial charge in [-0.3, -0.25) is 4.79 Å². The topological polar surface area (TPSA) is 51.5 Å². The molecule has 25 heavy (non-hydrogen) atoms. The van der Waals surface area contributed by atoms with Crippen LogP contribution in [0.15, 0.2) is 59.2 Å². The molecule has 3 aromatic rings. The number of carbonyl (C=O) groups is 1. The lowest BCUT2D eigenvalue weighted by Crippen LogP contribution is -2.27. The first-order valence-electron chi connectivity index (χ1n) is 8.19. The summed E-state index contributed by atoms with van der Waals surface area (Å²) in [5.74, 6) is 2.61. The maximum Gasteiger partial charge on any atom is 0.224 e. The SMILES string of the molecule is COc1ccc2c(CC(=O)NCCSCc3ccccc3)coc2c1. The molecule has 130 valence electrons. The van der Waals surface area contributed by atoms with E-state index < -0.39 is 0 Å². The molecule has 3 rings (SSSR count). The molecule has 5 heteroatoms. The van der Waals surface area contributed by atoms with E-state index in [9.17, 15) is 4.79 Å². The lowest BCUT2D eigenvalue weighted by molar-refractivity contribution is -0.120. The van der Waals surface area contributed by atoms with Crippen LogP contribution in [-0.2, 0) is 17.0 Å². The number of carbonyl (C=O) groups excluding carboxylic acids is 1. The number of hydrogen-bond acceptors (Lipinski definition) is 4. The van der Waals surface area contributed by atoms with Gasteiger partial charge in [0.05, 0.1) is 19.8 Å². The first kappa shape index (κ1) is 17.4. The van der Waals surface area contributed by atoms with Crippen LogP contribution in [0.3, 0.4) is 0 Å². The molecule has 0 aliphatic heterocycles. The van der Waals surface area contributed by atoms with Gasteiger partial charge in [0.1, 0.15) is 11.3 Å². The highest BCUT2D eigenvalue weighted by molar-refractivity contribution is 7.98. The Balaban J connectivity index is 1.43. The molecule has 0 aliphatic carbocycles. The molecule has 0 bridgehead atoms. The Morgan fingerprint density at radius 3 is 2.84 bits per heavy atom. The lowest BCUT2D eigenvalue weighted by Gasteiger charge is -2.05. The zero-order chi connectivity index (χ0) is 17.5. The van der Waals surface area contributed by atoms with Gasteiger partial charge in [0.15, 0.2) is 0 Å². The van der Waals surface area contributed by atoms with E-state index in [1.165, 1.54) is 5.56 Å². The van der Waals surface area contributed by atoms with E-state index in [0.29, 0.717) is 13.0 Å². The van der Waals surface area contributed by atoms with E-state index in [-0.39, 0.29) is 5.91 Å². The molecule has 1 N–H and O–H groups in total. The Morgan fingerprint density at radius 2 is 2.04 bits per heavy atom. The predicted molar refractivity (Wildman–Crippen MR) is 102 cm³/mol. The highest BCUT2D eigenvalue weighted by Crippen LogP contribution is 2.25. The molecule has 0 spiro atoms. The van der Waals surface area contributed by atoms with Crippen LogP contribution in [0.25, 0.3) is 11.0 Å². The molecular weight excluding hydrogens is 334 g/mol. The third-order valence-corrected chi connectivity index (χ3v) is 4.92. The Kier molecular flexibility index (Phi) is 6.01. The Labute approximate surface area is 151 Å². The van der Waals surface area contributed by atoms with Gasteiger partial charge in [-0.15, -0.1) is 0 Å². The van der Waals surface area contributed by atoms with E-state index in [2.05, 4.69) is 17.4 Å². The van der Waals surface area contributed by atoms with Crippen LogP contribution in [0.4, 0.5) is 0 Å². The van der Waals surface area contributed by atoms with Gasteiger partial charge >= 0.3 is 0 Å². The zero-order valence-electron chi connectivity index (χ0n) is 14.2. The minimum absolute atomic E-state index is 0.0128. The van der Waals surface area contributed by atoms with Crippen molar-refractivity contribution in [1.29, 1.82) is 0 Å². The minimum atomic E-state index is 0.0128. The molecular formula is C20H21NO3S. The van der Waals surface area contributed by atoms with Crippen LogP contribution in [0.1, 0.15) is 11.1 Å². The van der Waals surface area contributed by atoms with Crippen LogP contribution in [0.5, 0.6) is 5.75 Å². The maximum absolute atomic E-state index is 12.1. The Morgan fingerprint density at radius 1 is 1.20 bits per heavy atom. The zero-order valence-corrected chi connectivity index (χ0v) is 15.0. The van der Waals surface area contributed by atoms with Crippen molar-refractivity contribution in [2.75, 3.05) is 19.4 Å². The van der Waals surface area contributed by atoms with E-state index in [1.807, 2.05) is 48.2 Å². The summed E-state index contributed by atoms with van der Waals surface area (Å²) in [6, 6.07) is 16.0. The molecule has 0 aliphatic rings. The van der Waals surface area contributed by atoms with Crippen molar-refractivity contribution in [1.82, 2.24) is 5.32 Å². The predicted octanol–water partition coefficient (Wildman–Crippen LogP) is 4.03. The molecule has 1 aromatic heterocycles. The molecule has 0 unspecified atom stereocenters. The first-order valence-corrected chi connectivity index (χ1v) is 9.34. The van der Waals surface area contributed by atoms with Crippen molar-refractivity contribution in [3.63, 3.8) is 0 Å². The molecule has 1 amide bonds. The van der Waals surface area contributed by atoms with Crippen LogP contribution in [0, 0.1) is 0 Å². The Bertz CT molecular complexity index is 829. The fraction of sp³-hybridized carbons (Fsp3) is 0.250. The number of amides is 1. The summed E-state index contributed by atoms with van der Waals surface area (Å²) in [5.41, 5.74) is 2.94.